The van der Waals surface area contributed by atoms with E-state index >= 15 is 0 Å². The molecule has 0 fully saturated rings. The zero-order chi connectivity index (χ0) is 13.6. The van der Waals surface area contributed by atoms with Gasteiger partial charge in [-0.25, -0.2) is 14.4 Å². The van der Waals surface area contributed by atoms with Gasteiger partial charge >= 0.3 is 18.5 Å². The van der Waals surface area contributed by atoms with Gasteiger partial charge in [0.1, 0.15) is 0 Å². The smallest absolute Gasteiger partial charge is 0.450 e. The minimum Gasteiger partial charge on any atom is -0.450 e. The van der Waals surface area contributed by atoms with E-state index in [1.54, 1.807) is 0 Å². The summed E-state index contributed by atoms with van der Waals surface area (Å²) in [6.45, 7) is 0. The van der Waals surface area contributed by atoms with Crippen LogP contribution in [0.15, 0.2) is 0 Å². The quantitative estimate of drug-likeness (QED) is 0.598. The molecule has 0 aromatic heterocycles. The number of hydrogen-bond donors (Lipinski definition) is 2. The van der Waals surface area contributed by atoms with E-state index in [-0.39, 0.29) is 0 Å². The van der Waals surface area contributed by atoms with E-state index in [9.17, 15) is 9.59 Å². The largest absolute Gasteiger partial charge is 0.507 e. The first-order chi connectivity index (χ1) is 7.35. The molecule has 0 atom stereocenters. The summed E-state index contributed by atoms with van der Waals surface area (Å²) in [5.41, 5.74) is 0. The maximum absolute atomic E-state index is 9.74. The molecule has 0 aliphatic carbocycles. The molecule has 0 unspecified atom stereocenters. The average molecular weight is 242 g/mol. The number of rotatable bonds is 0. The van der Waals surface area contributed by atoms with Gasteiger partial charge < -0.3 is 29.2 Å². The minimum absolute atomic E-state index is 0.657. The van der Waals surface area contributed by atoms with E-state index in [0.29, 0.717) is 0 Å². The second-order valence-corrected chi connectivity index (χ2v) is 1.60. The summed E-state index contributed by atoms with van der Waals surface area (Å²) in [7, 11) is 5.02. The predicted octanol–water partition coefficient (Wildman–Crippen LogP) is 1.02. The van der Waals surface area contributed by atoms with E-state index in [4.69, 9.17) is 15.0 Å². The second kappa shape index (κ2) is 15.3. The van der Waals surface area contributed by atoms with Crippen LogP contribution >= 0.6 is 0 Å². The van der Waals surface area contributed by atoms with Gasteiger partial charge in [0, 0.05) is 0 Å². The Hall–Kier alpha value is -2.19. The molecule has 16 heavy (non-hydrogen) atoms. The summed E-state index contributed by atoms with van der Waals surface area (Å²) in [5.74, 6) is 0. The Labute approximate surface area is 91.5 Å². The summed E-state index contributed by atoms with van der Waals surface area (Å²) in [5, 5.41) is 13.9. The Kier molecular flexibility index (Phi) is 18.5. The summed E-state index contributed by atoms with van der Waals surface area (Å²) in [6, 6.07) is 0. The maximum Gasteiger partial charge on any atom is 0.507 e. The molecule has 9 heteroatoms. The van der Waals surface area contributed by atoms with E-state index < -0.39 is 18.5 Å². The lowest BCUT2D eigenvalue weighted by Crippen LogP contribution is -1.97. The van der Waals surface area contributed by atoms with Gasteiger partial charge in [-0.15, -0.1) is 0 Å². The van der Waals surface area contributed by atoms with Crippen LogP contribution in [0, 0.1) is 0 Å². The molecular formula is C7H14O9. The number of ether oxygens (including phenoxy) is 4. The molecule has 0 rings (SSSR count). The highest BCUT2D eigenvalue weighted by Crippen LogP contribution is 1.72. The van der Waals surface area contributed by atoms with Crippen molar-refractivity contribution in [2.75, 3.05) is 28.4 Å². The number of carboxylic acid groups (broad SMARTS) is 2. The number of carbonyl (C=O) groups is 3. The van der Waals surface area contributed by atoms with E-state index in [1.165, 1.54) is 28.4 Å². The molecule has 0 radical (unpaired) electrons. The molecule has 0 saturated heterocycles. The zero-order valence-corrected chi connectivity index (χ0v) is 9.25. The minimum atomic E-state index is -1.83. The van der Waals surface area contributed by atoms with Crippen LogP contribution in [0.2, 0.25) is 0 Å². The summed E-state index contributed by atoms with van der Waals surface area (Å²) in [4.78, 5) is 28.0. The van der Waals surface area contributed by atoms with Gasteiger partial charge in [-0.1, -0.05) is 0 Å². The first-order valence-electron chi connectivity index (χ1n) is 3.51. The Morgan fingerprint density at radius 2 is 0.812 bits per heavy atom. The Morgan fingerprint density at radius 1 is 0.688 bits per heavy atom. The number of hydrogen-bond acceptors (Lipinski definition) is 7. The SMILES string of the molecule is COC(=O)OC.COC(=O)OC.O=C(O)O. The molecule has 0 amide bonds. The van der Waals surface area contributed by atoms with Gasteiger partial charge in [0.15, 0.2) is 0 Å². The Morgan fingerprint density at radius 3 is 0.812 bits per heavy atom. The molecule has 0 spiro atoms. The molecule has 2 N–H and O–H groups in total. The van der Waals surface area contributed by atoms with Crippen LogP contribution in [-0.2, 0) is 18.9 Å². The van der Waals surface area contributed by atoms with Crippen molar-refractivity contribution in [2.24, 2.45) is 0 Å². The standard InChI is InChI=1S/2C3H6O3.CH2O3/c2*1-5-3(4)6-2;2-1(3)4/h2*1-2H3;(H2,2,3,4). The topological polar surface area (TPSA) is 129 Å². The number of carbonyl (C=O) groups excluding carboxylic acids is 2. The van der Waals surface area contributed by atoms with Crippen molar-refractivity contribution in [2.45, 2.75) is 0 Å². The fourth-order valence-electron chi connectivity index (χ4n) is 0.167. The Balaban J connectivity index is -0.000000162. The van der Waals surface area contributed by atoms with Crippen molar-refractivity contribution in [3.8, 4) is 0 Å². The van der Waals surface area contributed by atoms with Crippen LogP contribution in [0.4, 0.5) is 14.4 Å². The second-order valence-electron chi connectivity index (χ2n) is 1.60. The van der Waals surface area contributed by atoms with Crippen LogP contribution in [0.3, 0.4) is 0 Å². The molecule has 0 heterocycles. The normalized spacial score (nSPS) is 6.75. The highest BCUT2D eigenvalue weighted by molar-refractivity contribution is 5.59. The lowest BCUT2D eigenvalue weighted by atomic mass is 11.3. The molecule has 0 saturated carbocycles. The highest BCUT2D eigenvalue weighted by atomic mass is 16.7. The molecule has 0 bridgehead atoms. The third kappa shape index (κ3) is 40.9. The van der Waals surface area contributed by atoms with Crippen LogP contribution in [-0.4, -0.2) is 57.1 Å². The Bertz CT molecular complexity index is 168. The predicted molar refractivity (Wildman–Crippen MR) is 49.5 cm³/mol. The lowest BCUT2D eigenvalue weighted by Gasteiger charge is -1.89. The first-order valence-corrected chi connectivity index (χ1v) is 3.51. The molecule has 0 aromatic carbocycles. The number of methoxy groups -OCH3 is 4. The van der Waals surface area contributed by atoms with Crippen LogP contribution in [0.5, 0.6) is 0 Å². The van der Waals surface area contributed by atoms with Crippen molar-refractivity contribution in [3.05, 3.63) is 0 Å². The van der Waals surface area contributed by atoms with Crippen molar-refractivity contribution >= 4 is 18.5 Å². The van der Waals surface area contributed by atoms with Crippen LogP contribution < -0.4 is 0 Å². The first kappa shape index (κ1) is 19.4. The molecule has 0 aliphatic rings. The summed E-state index contributed by atoms with van der Waals surface area (Å²) in [6.07, 6.45) is -3.15. The molecule has 9 nitrogen and oxygen atoms in total. The monoisotopic (exact) mass is 242 g/mol. The van der Waals surface area contributed by atoms with Gasteiger partial charge in [0.25, 0.3) is 0 Å². The molecule has 96 valence electrons. The van der Waals surface area contributed by atoms with Crippen molar-refractivity contribution < 1.29 is 43.5 Å². The van der Waals surface area contributed by atoms with Gasteiger partial charge in [-0.05, 0) is 0 Å². The molecule has 0 aromatic rings. The summed E-state index contributed by atoms with van der Waals surface area (Å²) < 4.78 is 16.2. The third-order valence-electron chi connectivity index (χ3n) is 0.667. The van der Waals surface area contributed by atoms with Gasteiger partial charge in [-0.3, -0.25) is 0 Å². The van der Waals surface area contributed by atoms with E-state index in [2.05, 4.69) is 18.9 Å². The van der Waals surface area contributed by atoms with Gasteiger partial charge in [-0.2, -0.15) is 0 Å². The van der Waals surface area contributed by atoms with Crippen molar-refractivity contribution in [1.29, 1.82) is 0 Å². The average Bonchev–Trinajstić information content (AvgIpc) is 2.26. The third-order valence-corrected chi connectivity index (χ3v) is 0.667. The van der Waals surface area contributed by atoms with E-state index in [1.807, 2.05) is 0 Å². The van der Waals surface area contributed by atoms with E-state index in [0.717, 1.165) is 0 Å². The maximum atomic E-state index is 9.74. The lowest BCUT2D eigenvalue weighted by molar-refractivity contribution is 0.0915. The highest BCUT2D eigenvalue weighted by Gasteiger charge is 1.89. The molecular weight excluding hydrogens is 228 g/mol. The molecule has 0 aliphatic heterocycles. The van der Waals surface area contributed by atoms with Crippen molar-refractivity contribution in [3.63, 3.8) is 0 Å². The fourth-order valence-corrected chi connectivity index (χ4v) is 0.167. The summed E-state index contributed by atoms with van der Waals surface area (Å²) >= 11 is 0. The van der Waals surface area contributed by atoms with Gasteiger partial charge in [0.2, 0.25) is 0 Å². The zero-order valence-electron chi connectivity index (χ0n) is 9.25. The fraction of sp³-hybridized carbons (Fsp3) is 0.571. The van der Waals surface area contributed by atoms with Gasteiger partial charge in [0.05, 0.1) is 28.4 Å². The van der Waals surface area contributed by atoms with Crippen LogP contribution in [0.25, 0.3) is 0 Å². The van der Waals surface area contributed by atoms with Crippen LogP contribution in [0.1, 0.15) is 0 Å². The van der Waals surface area contributed by atoms with Crippen molar-refractivity contribution in [1.82, 2.24) is 0 Å².